The summed E-state index contributed by atoms with van der Waals surface area (Å²) in [4.78, 5) is 30.3. The number of carbonyl (C=O) groups is 2. The van der Waals surface area contributed by atoms with Crippen molar-refractivity contribution in [2.24, 2.45) is 0 Å². The quantitative estimate of drug-likeness (QED) is 0.448. The van der Waals surface area contributed by atoms with E-state index in [0.29, 0.717) is 5.69 Å². The van der Waals surface area contributed by atoms with Crippen LogP contribution in [0.1, 0.15) is 20.7 Å². The van der Waals surface area contributed by atoms with Crippen molar-refractivity contribution in [3.63, 3.8) is 0 Å². The van der Waals surface area contributed by atoms with Gasteiger partial charge in [-0.3, -0.25) is 10.1 Å². The van der Waals surface area contributed by atoms with Crippen molar-refractivity contribution in [1.29, 1.82) is 0 Å². The highest BCUT2D eigenvalue weighted by atomic mass is 16.6. The number of benzene rings is 2. The topological polar surface area (TPSA) is 144 Å². The van der Waals surface area contributed by atoms with E-state index in [-0.39, 0.29) is 16.8 Å². The molecule has 0 aromatic heterocycles. The second kappa shape index (κ2) is 7.39. The van der Waals surface area contributed by atoms with Gasteiger partial charge in [0.15, 0.2) is 0 Å². The highest BCUT2D eigenvalue weighted by Crippen LogP contribution is 2.13. The Morgan fingerprint density at radius 2 is 1.41 bits per heavy atom. The van der Waals surface area contributed by atoms with Crippen molar-refractivity contribution in [1.82, 2.24) is 0 Å². The number of aromatic carboxylic acids is 2. The molecule has 8 nitrogen and oxygen atoms in total. The molecule has 2 rings (SSSR count). The zero-order valence-corrected chi connectivity index (χ0v) is 11.2. The lowest BCUT2D eigenvalue weighted by atomic mass is 10.1. The van der Waals surface area contributed by atoms with Crippen LogP contribution >= 0.6 is 0 Å². The van der Waals surface area contributed by atoms with Crippen LogP contribution in [0.2, 0.25) is 0 Å². The van der Waals surface area contributed by atoms with E-state index in [1.165, 1.54) is 36.4 Å². The Labute approximate surface area is 124 Å². The van der Waals surface area contributed by atoms with Gasteiger partial charge in [0.05, 0.1) is 16.1 Å². The third-order valence-corrected chi connectivity index (χ3v) is 2.46. The van der Waals surface area contributed by atoms with Crippen molar-refractivity contribution in [3.05, 3.63) is 69.8 Å². The molecule has 0 saturated carbocycles. The minimum Gasteiger partial charge on any atom is -0.478 e. The molecule has 0 saturated heterocycles. The standard InChI is InChI=1S/C8H6O4.C6H6N2O2/c9-7(10)5-1-2-6(4-3-5)8(11)12;7-5-2-1-3-6(4-5)8(9)10/h1-4H,(H,9,10)(H,11,12);1-4H,7H2. The van der Waals surface area contributed by atoms with Gasteiger partial charge in [-0.2, -0.15) is 0 Å². The average molecular weight is 304 g/mol. The molecular weight excluding hydrogens is 292 g/mol. The van der Waals surface area contributed by atoms with Crippen molar-refractivity contribution in [3.8, 4) is 0 Å². The second-order valence-corrected chi connectivity index (χ2v) is 4.04. The molecule has 0 aliphatic carbocycles. The van der Waals surface area contributed by atoms with Gasteiger partial charge in [0.2, 0.25) is 0 Å². The third-order valence-electron chi connectivity index (χ3n) is 2.46. The molecule has 0 atom stereocenters. The first-order chi connectivity index (χ1) is 10.3. The number of nitro groups is 1. The summed E-state index contributed by atoms with van der Waals surface area (Å²) in [6.07, 6.45) is 0. The number of nitrogen functional groups attached to an aromatic ring is 1. The van der Waals surface area contributed by atoms with Gasteiger partial charge < -0.3 is 15.9 Å². The number of anilines is 1. The van der Waals surface area contributed by atoms with E-state index in [1.54, 1.807) is 12.1 Å². The van der Waals surface area contributed by atoms with E-state index >= 15 is 0 Å². The van der Waals surface area contributed by atoms with E-state index in [1.807, 2.05) is 0 Å². The van der Waals surface area contributed by atoms with Crippen LogP contribution in [0.5, 0.6) is 0 Å². The largest absolute Gasteiger partial charge is 0.478 e. The number of nitrogens with zero attached hydrogens (tertiary/aromatic N) is 1. The molecule has 8 heteroatoms. The Morgan fingerprint density at radius 3 is 1.68 bits per heavy atom. The predicted molar refractivity (Wildman–Crippen MR) is 77.9 cm³/mol. The number of rotatable bonds is 3. The monoisotopic (exact) mass is 304 g/mol. The Bertz CT molecular complexity index is 664. The van der Waals surface area contributed by atoms with Crippen molar-refractivity contribution >= 4 is 23.3 Å². The van der Waals surface area contributed by atoms with Gasteiger partial charge in [0.25, 0.3) is 5.69 Å². The molecule has 2 aromatic rings. The Hall–Kier alpha value is -3.42. The number of nitrogens with two attached hydrogens (primary N) is 1. The van der Waals surface area contributed by atoms with Gasteiger partial charge in [0, 0.05) is 17.8 Å². The lowest BCUT2D eigenvalue weighted by molar-refractivity contribution is -0.384. The van der Waals surface area contributed by atoms with Crippen LogP contribution < -0.4 is 5.73 Å². The van der Waals surface area contributed by atoms with Crippen LogP contribution in [0.25, 0.3) is 0 Å². The minimum atomic E-state index is -1.06. The first kappa shape index (κ1) is 16.6. The van der Waals surface area contributed by atoms with Crippen molar-refractivity contribution < 1.29 is 24.7 Å². The van der Waals surface area contributed by atoms with Gasteiger partial charge in [0.1, 0.15) is 0 Å². The summed E-state index contributed by atoms with van der Waals surface area (Å²) >= 11 is 0. The van der Waals surface area contributed by atoms with E-state index in [2.05, 4.69) is 0 Å². The fraction of sp³-hybridized carbons (Fsp3) is 0. The third kappa shape index (κ3) is 4.93. The first-order valence-corrected chi connectivity index (χ1v) is 5.88. The molecular formula is C14H12N2O6. The van der Waals surface area contributed by atoms with Crippen LogP contribution in [-0.2, 0) is 0 Å². The average Bonchev–Trinajstić information content (AvgIpc) is 2.48. The summed E-state index contributed by atoms with van der Waals surface area (Å²) < 4.78 is 0. The van der Waals surface area contributed by atoms with Crippen LogP contribution in [-0.4, -0.2) is 27.1 Å². The maximum Gasteiger partial charge on any atom is 0.335 e. The highest BCUT2D eigenvalue weighted by Gasteiger charge is 2.05. The predicted octanol–water partition coefficient (Wildman–Crippen LogP) is 2.26. The van der Waals surface area contributed by atoms with E-state index < -0.39 is 16.9 Å². The van der Waals surface area contributed by atoms with E-state index in [4.69, 9.17) is 15.9 Å². The summed E-state index contributed by atoms with van der Waals surface area (Å²) in [5, 5.41) is 27.0. The fourth-order valence-corrected chi connectivity index (χ4v) is 1.39. The molecule has 0 unspecified atom stereocenters. The lowest BCUT2D eigenvalue weighted by Crippen LogP contribution is -1.99. The zero-order chi connectivity index (χ0) is 16.7. The van der Waals surface area contributed by atoms with Crippen LogP contribution in [0, 0.1) is 10.1 Å². The SMILES string of the molecule is Nc1cccc([N+](=O)[O-])c1.O=C(O)c1ccc(C(=O)O)cc1. The summed E-state index contributed by atoms with van der Waals surface area (Å²) in [5.74, 6) is -2.13. The molecule has 0 radical (unpaired) electrons. The fourth-order valence-electron chi connectivity index (χ4n) is 1.39. The molecule has 114 valence electrons. The number of hydrogen-bond donors (Lipinski definition) is 3. The molecule has 22 heavy (non-hydrogen) atoms. The molecule has 0 bridgehead atoms. The molecule has 2 aromatic carbocycles. The summed E-state index contributed by atoms with van der Waals surface area (Å²) in [7, 11) is 0. The van der Waals surface area contributed by atoms with E-state index in [9.17, 15) is 19.7 Å². The van der Waals surface area contributed by atoms with Gasteiger partial charge in [-0.15, -0.1) is 0 Å². The lowest BCUT2D eigenvalue weighted by Gasteiger charge is -1.94. The number of carboxylic acid groups (broad SMARTS) is 2. The molecule has 0 heterocycles. The Morgan fingerprint density at radius 1 is 0.955 bits per heavy atom. The summed E-state index contributed by atoms with van der Waals surface area (Å²) in [6.45, 7) is 0. The number of hydrogen-bond acceptors (Lipinski definition) is 5. The van der Waals surface area contributed by atoms with Crippen molar-refractivity contribution in [2.75, 3.05) is 5.73 Å². The normalized spacial score (nSPS) is 9.27. The maximum atomic E-state index is 10.3. The molecule has 0 spiro atoms. The smallest absolute Gasteiger partial charge is 0.335 e. The molecule has 0 aliphatic rings. The molecule has 0 aliphatic heterocycles. The summed E-state index contributed by atoms with van der Waals surface area (Å²) in [5.41, 5.74) is 5.90. The highest BCUT2D eigenvalue weighted by molar-refractivity contribution is 5.91. The Balaban J connectivity index is 0.000000224. The second-order valence-electron chi connectivity index (χ2n) is 4.04. The van der Waals surface area contributed by atoms with Gasteiger partial charge >= 0.3 is 11.9 Å². The van der Waals surface area contributed by atoms with Crippen LogP contribution in [0.3, 0.4) is 0 Å². The minimum absolute atomic E-state index is 0.0278. The van der Waals surface area contributed by atoms with Gasteiger partial charge in [-0.1, -0.05) is 6.07 Å². The molecule has 4 N–H and O–H groups in total. The molecule has 0 fully saturated rings. The number of carboxylic acids is 2. The van der Waals surface area contributed by atoms with Gasteiger partial charge in [-0.25, -0.2) is 9.59 Å². The number of non-ortho nitro benzene ring substituents is 1. The first-order valence-electron chi connectivity index (χ1n) is 5.88. The summed E-state index contributed by atoms with van der Waals surface area (Å²) in [6, 6.07) is 10.9. The molecule has 0 amide bonds. The maximum absolute atomic E-state index is 10.3. The van der Waals surface area contributed by atoms with Crippen LogP contribution in [0.4, 0.5) is 11.4 Å². The van der Waals surface area contributed by atoms with Crippen LogP contribution in [0.15, 0.2) is 48.5 Å². The van der Waals surface area contributed by atoms with Gasteiger partial charge in [-0.05, 0) is 30.3 Å². The van der Waals surface area contributed by atoms with E-state index in [0.717, 1.165) is 0 Å². The Kier molecular flexibility index (Phi) is 5.58. The van der Waals surface area contributed by atoms with Crippen molar-refractivity contribution in [2.45, 2.75) is 0 Å². The number of nitro benzene ring substituents is 1. The zero-order valence-electron chi connectivity index (χ0n) is 11.2.